The van der Waals surface area contributed by atoms with Crippen molar-refractivity contribution in [3.63, 3.8) is 0 Å². The number of carbonyl (C=O) groups is 1. The molecule has 0 spiro atoms. The van der Waals surface area contributed by atoms with Crippen LogP contribution in [-0.4, -0.2) is 42.1 Å². The van der Waals surface area contributed by atoms with Crippen molar-refractivity contribution in [2.24, 2.45) is 5.92 Å². The molecule has 1 fully saturated rings. The summed E-state index contributed by atoms with van der Waals surface area (Å²) in [4.78, 5) is 14.6. The first-order chi connectivity index (χ1) is 9.58. The van der Waals surface area contributed by atoms with Crippen LogP contribution in [0.1, 0.15) is 35.7 Å². The molecule has 0 radical (unpaired) electrons. The first-order valence-corrected chi connectivity index (χ1v) is 7.37. The second-order valence-electron chi connectivity index (χ2n) is 5.77. The second-order valence-corrected chi connectivity index (χ2v) is 5.77. The van der Waals surface area contributed by atoms with E-state index in [0.717, 1.165) is 6.54 Å². The molecule has 1 aromatic rings. The van der Waals surface area contributed by atoms with Crippen LogP contribution in [0.4, 0.5) is 0 Å². The summed E-state index contributed by atoms with van der Waals surface area (Å²) in [6, 6.07) is 5.04. The maximum absolute atomic E-state index is 12.1. The Morgan fingerprint density at radius 3 is 2.80 bits per heavy atom. The lowest BCUT2D eigenvalue weighted by Gasteiger charge is -2.20. The fraction of sp³-hybridized carbons (Fsp3) is 0.562. The number of nitrogens with one attached hydrogen (secondary N) is 1. The van der Waals surface area contributed by atoms with Crippen LogP contribution >= 0.6 is 0 Å². The van der Waals surface area contributed by atoms with Crippen molar-refractivity contribution in [3.05, 3.63) is 29.3 Å². The fourth-order valence-corrected chi connectivity index (χ4v) is 2.70. The summed E-state index contributed by atoms with van der Waals surface area (Å²) < 4.78 is 0. The van der Waals surface area contributed by atoms with Gasteiger partial charge in [0.15, 0.2) is 0 Å². The molecular formula is C16H24N2O2. The van der Waals surface area contributed by atoms with Gasteiger partial charge >= 0.3 is 0 Å². The predicted molar refractivity (Wildman–Crippen MR) is 80.0 cm³/mol. The average Bonchev–Trinajstić information content (AvgIpc) is 2.92. The number of amides is 1. The topological polar surface area (TPSA) is 52.6 Å². The van der Waals surface area contributed by atoms with Gasteiger partial charge in [0.05, 0.1) is 0 Å². The van der Waals surface area contributed by atoms with E-state index in [9.17, 15) is 9.90 Å². The summed E-state index contributed by atoms with van der Waals surface area (Å²) in [7, 11) is 0. The van der Waals surface area contributed by atoms with Gasteiger partial charge in [0.1, 0.15) is 5.75 Å². The Morgan fingerprint density at radius 2 is 2.10 bits per heavy atom. The number of rotatable bonds is 5. The van der Waals surface area contributed by atoms with Crippen molar-refractivity contribution in [2.45, 2.75) is 26.7 Å². The number of hydrogen-bond acceptors (Lipinski definition) is 3. The van der Waals surface area contributed by atoms with Gasteiger partial charge in [-0.3, -0.25) is 4.79 Å². The highest BCUT2D eigenvalue weighted by molar-refractivity contribution is 5.96. The van der Waals surface area contributed by atoms with Crippen molar-refractivity contribution in [1.29, 1.82) is 0 Å². The van der Waals surface area contributed by atoms with Crippen molar-refractivity contribution in [1.82, 2.24) is 10.2 Å². The highest BCUT2D eigenvalue weighted by atomic mass is 16.3. The van der Waals surface area contributed by atoms with Gasteiger partial charge in [0, 0.05) is 24.2 Å². The Hall–Kier alpha value is -1.55. The Balaban J connectivity index is 1.83. The van der Waals surface area contributed by atoms with Crippen LogP contribution in [-0.2, 0) is 0 Å². The summed E-state index contributed by atoms with van der Waals surface area (Å²) in [5, 5.41) is 12.6. The van der Waals surface area contributed by atoms with E-state index in [2.05, 4.69) is 17.1 Å². The molecule has 1 unspecified atom stereocenters. The van der Waals surface area contributed by atoms with Crippen molar-refractivity contribution < 1.29 is 9.90 Å². The van der Waals surface area contributed by atoms with Crippen molar-refractivity contribution in [3.8, 4) is 5.75 Å². The zero-order valence-electron chi connectivity index (χ0n) is 12.4. The molecule has 4 nitrogen and oxygen atoms in total. The van der Waals surface area contributed by atoms with Gasteiger partial charge in [-0.25, -0.2) is 0 Å². The quantitative estimate of drug-likeness (QED) is 0.866. The molecule has 1 aliphatic heterocycles. The summed E-state index contributed by atoms with van der Waals surface area (Å²) >= 11 is 0. The number of benzene rings is 1. The average molecular weight is 276 g/mol. The van der Waals surface area contributed by atoms with Gasteiger partial charge in [-0.2, -0.15) is 0 Å². The number of nitrogens with zero attached hydrogens (tertiary/aromatic N) is 1. The Labute approximate surface area is 120 Å². The highest BCUT2D eigenvalue weighted by Crippen LogP contribution is 2.19. The minimum atomic E-state index is -0.105. The number of phenols is 1. The maximum Gasteiger partial charge on any atom is 0.251 e. The van der Waals surface area contributed by atoms with E-state index in [1.165, 1.54) is 25.9 Å². The third-order valence-electron chi connectivity index (χ3n) is 3.93. The third kappa shape index (κ3) is 3.73. The first-order valence-electron chi connectivity index (χ1n) is 7.37. The van der Waals surface area contributed by atoms with Crippen LogP contribution in [0, 0.1) is 12.8 Å². The van der Waals surface area contributed by atoms with Gasteiger partial charge < -0.3 is 15.3 Å². The molecule has 110 valence electrons. The molecular weight excluding hydrogens is 252 g/mol. The zero-order chi connectivity index (χ0) is 14.5. The molecule has 2 rings (SSSR count). The SMILES string of the molecule is Cc1c(O)cccc1C(=O)NCC(C)CN1CCCC1. The van der Waals surface area contributed by atoms with Crippen LogP contribution in [0.3, 0.4) is 0 Å². The standard InChI is InChI=1S/C16H24N2O2/c1-12(11-18-8-3-4-9-18)10-17-16(20)14-6-5-7-15(19)13(14)2/h5-7,12,19H,3-4,8-11H2,1-2H3,(H,17,20). The van der Waals surface area contributed by atoms with E-state index >= 15 is 0 Å². The van der Waals surface area contributed by atoms with Gasteiger partial charge in [0.2, 0.25) is 0 Å². The third-order valence-corrected chi connectivity index (χ3v) is 3.93. The Bertz CT molecular complexity index is 468. The lowest BCUT2D eigenvalue weighted by atomic mass is 10.1. The fourth-order valence-electron chi connectivity index (χ4n) is 2.70. The smallest absolute Gasteiger partial charge is 0.251 e. The molecule has 4 heteroatoms. The number of likely N-dealkylation sites (tertiary alicyclic amines) is 1. The van der Waals surface area contributed by atoms with Crippen LogP contribution in [0.15, 0.2) is 18.2 Å². The molecule has 1 aliphatic rings. The first kappa shape index (κ1) is 14.9. The summed E-state index contributed by atoms with van der Waals surface area (Å²) in [6.07, 6.45) is 2.59. The molecule has 20 heavy (non-hydrogen) atoms. The molecule has 1 saturated heterocycles. The molecule has 1 heterocycles. The van der Waals surface area contributed by atoms with Crippen molar-refractivity contribution >= 4 is 5.91 Å². The van der Waals surface area contributed by atoms with Crippen molar-refractivity contribution in [2.75, 3.05) is 26.2 Å². The number of phenolic OH excluding ortho intramolecular Hbond substituents is 1. The van der Waals surface area contributed by atoms with E-state index in [-0.39, 0.29) is 11.7 Å². The maximum atomic E-state index is 12.1. The normalized spacial score (nSPS) is 17.1. The molecule has 0 aromatic heterocycles. The molecule has 2 N–H and O–H groups in total. The number of hydrogen-bond donors (Lipinski definition) is 2. The Morgan fingerprint density at radius 1 is 1.40 bits per heavy atom. The minimum absolute atomic E-state index is 0.105. The van der Waals surface area contributed by atoms with Gasteiger partial charge in [-0.05, 0) is 50.9 Å². The molecule has 1 aromatic carbocycles. The number of aromatic hydroxyl groups is 1. The molecule has 1 amide bonds. The summed E-state index contributed by atoms with van der Waals surface area (Å²) in [6.45, 7) is 8.00. The summed E-state index contributed by atoms with van der Waals surface area (Å²) in [5.41, 5.74) is 1.19. The van der Waals surface area contributed by atoms with Crippen LogP contribution in [0.5, 0.6) is 5.75 Å². The number of carbonyl (C=O) groups excluding carboxylic acids is 1. The van der Waals surface area contributed by atoms with Crippen LogP contribution < -0.4 is 5.32 Å². The van der Waals surface area contributed by atoms with E-state index in [1.54, 1.807) is 25.1 Å². The highest BCUT2D eigenvalue weighted by Gasteiger charge is 2.16. The second kappa shape index (κ2) is 6.75. The largest absolute Gasteiger partial charge is 0.508 e. The molecule has 0 saturated carbocycles. The predicted octanol–water partition coefficient (Wildman–Crippen LogP) is 2.16. The molecule has 0 aliphatic carbocycles. The lowest BCUT2D eigenvalue weighted by Crippen LogP contribution is -2.34. The van der Waals surface area contributed by atoms with Crippen LogP contribution in [0.25, 0.3) is 0 Å². The molecule has 1 atom stereocenters. The minimum Gasteiger partial charge on any atom is -0.508 e. The zero-order valence-corrected chi connectivity index (χ0v) is 12.4. The lowest BCUT2D eigenvalue weighted by molar-refractivity contribution is 0.0944. The van der Waals surface area contributed by atoms with Gasteiger partial charge in [-0.15, -0.1) is 0 Å². The van der Waals surface area contributed by atoms with Gasteiger partial charge in [0.25, 0.3) is 5.91 Å². The molecule has 0 bridgehead atoms. The van der Waals surface area contributed by atoms with E-state index in [4.69, 9.17) is 0 Å². The summed E-state index contributed by atoms with van der Waals surface area (Å²) in [5.74, 6) is 0.504. The monoisotopic (exact) mass is 276 g/mol. The van der Waals surface area contributed by atoms with E-state index < -0.39 is 0 Å². The van der Waals surface area contributed by atoms with Crippen LogP contribution in [0.2, 0.25) is 0 Å². The Kier molecular flexibility index (Phi) is 5.01. The van der Waals surface area contributed by atoms with E-state index in [0.29, 0.717) is 23.6 Å². The van der Waals surface area contributed by atoms with Gasteiger partial charge in [-0.1, -0.05) is 13.0 Å². The van der Waals surface area contributed by atoms with E-state index in [1.807, 2.05) is 0 Å².